The van der Waals surface area contributed by atoms with Gasteiger partial charge in [-0.2, -0.15) is 0 Å². The van der Waals surface area contributed by atoms with Crippen molar-refractivity contribution < 1.29 is 14.6 Å². The summed E-state index contributed by atoms with van der Waals surface area (Å²) >= 11 is 0. The summed E-state index contributed by atoms with van der Waals surface area (Å²) in [5.41, 5.74) is 4.37. The molecule has 2 aliphatic rings. The number of amides is 2. The Morgan fingerprint density at radius 1 is 1.20 bits per heavy atom. The molecule has 0 saturated carbocycles. The number of aromatic nitrogens is 1. The fraction of sp³-hybridized carbons (Fsp3) is 0.464. The zero-order valence-electron chi connectivity index (χ0n) is 20.9. The second-order valence-electron chi connectivity index (χ2n) is 10.3. The zero-order valence-corrected chi connectivity index (χ0v) is 20.9. The molecular formula is C28H36N4O3. The van der Waals surface area contributed by atoms with E-state index in [9.17, 15) is 9.90 Å². The maximum absolute atomic E-state index is 13.3. The summed E-state index contributed by atoms with van der Waals surface area (Å²) in [7, 11) is 1.67. The van der Waals surface area contributed by atoms with Gasteiger partial charge in [0.05, 0.1) is 19.8 Å². The summed E-state index contributed by atoms with van der Waals surface area (Å²) in [6.45, 7) is 7.26. The summed E-state index contributed by atoms with van der Waals surface area (Å²) in [5, 5.41) is 14.7. The lowest BCUT2D eigenvalue weighted by Gasteiger charge is -2.50. The molecular weight excluding hydrogens is 440 g/mol. The standard InChI is InChI=1S/C28H36N4O3/c1-19(2)29-27(34)32-18-28(11-13-31(14-12-28)16-20-7-5-4-6-8-20)25-22-10-9-21(35-3)15-23(22)30-26(25)24(32)17-33/h4-10,15,19,24,30,33H,11-14,16-18H2,1-3H3,(H,29,34)/t24-/m0/s1. The Balaban J connectivity index is 1.53. The molecule has 35 heavy (non-hydrogen) atoms. The molecule has 7 nitrogen and oxygen atoms in total. The number of carbonyl (C=O) groups is 1. The minimum atomic E-state index is -0.407. The average Bonchev–Trinajstić information content (AvgIpc) is 3.25. The van der Waals surface area contributed by atoms with Crippen molar-refractivity contribution in [3.8, 4) is 5.75 Å². The van der Waals surface area contributed by atoms with Crippen LogP contribution in [0.4, 0.5) is 4.79 Å². The largest absolute Gasteiger partial charge is 0.497 e. The lowest BCUT2D eigenvalue weighted by atomic mass is 9.68. The number of carbonyl (C=O) groups excluding carboxylic acids is 1. The lowest BCUT2D eigenvalue weighted by molar-refractivity contribution is 0.0656. The number of fused-ring (bicyclic) bond motifs is 4. The second-order valence-corrected chi connectivity index (χ2v) is 10.3. The van der Waals surface area contributed by atoms with Crippen molar-refractivity contribution in [2.75, 3.05) is 33.4 Å². The van der Waals surface area contributed by atoms with Gasteiger partial charge in [-0.15, -0.1) is 0 Å². The molecule has 0 unspecified atom stereocenters. The molecule has 0 aliphatic carbocycles. The van der Waals surface area contributed by atoms with Gasteiger partial charge < -0.3 is 25.0 Å². The van der Waals surface area contributed by atoms with Crippen LogP contribution in [-0.4, -0.2) is 65.3 Å². The van der Waals surface area contributed by atoms with Gasteiger partial charge in [-0.3, -0.25) is 4.90 Å². The number of urea groups is 1. The molecule has 2 amide bonds. The Morgan fingerprint density at radius 3 is 2.60 bits per heavy atom. The highest BCUT2D eigenvalue weighted by Gasteiger charge is 2.48. The minimum absolute atomic E-state index is 0.0267. The first-order chi connectivity index (χ1) is 16.9. The van der Waals surface area contributed by atoms with Crippen LogP contribution in [0.25, 0.3) is 10.9 Å². The molecule has 186 valence electrons. The molecule has 2 aliphatic heterocycles. The number of methoxy groups -OCH3 is 1. The van der Waals surface area contributed by atoms with Gasteiger partial charge in [0, 0.05) is 47.2 Å². The van der Waals surface area contributed by atoms with E-state index in [4.69, 9.17) is 4.74 Å². The number of aliphatic hydroxyl groups excluding tert-OH is 1. The van der Waals surface area contributed by atoms with E-state index in [-0.39, 0.29) is 24.1 Å². The van der Waals surface area contributed by atoms with E-state index in [1.807, 2.05) is 30.9 Å². The number of rotatable bonds is 5. The molecule has 3 aromatic rings. The number of piperidine rings is 1. The predicted molar refractivity (Wildman–Crippen MR) is 138 cm³/mol. The van der Waals surface area contributed by atoms with Crippen LogP contribution >= 0.6 is 0 Å². The Labute approximate surface area is 207 Å². The zero-order chi connectivity index (χ0) is 24.6. The topological polar surface area (TPSA) is 80.8 Å². The van der Waals surface area contributed by atoms with Gasteiger partial charge in [-0.1, -0.05) is 30.3 Å². The molecule has 0 bridgehead atoms. The van der Waals surface area contributed by atoms with Crippen molar-refractivity contribution in [3.05, 3.63) is 65.4 Å². The summed E-state index contributed by atoms with van der Waals surface area (Å²) in [4.78, 5) is 21.2. The predicted octanol–water partition coefficient (Wildman–Crippen LogP) is 4.18. The van der Waals surface area contributed by atoms with E-state index < -0.39 is 6.04 Å². The number of aromatic amines is 1. The minimum Gasteiger partial charge on any atom is -0.497 e. The van der Waals surface area contributed by atoms with E-state index >= 15 is 0 Å². The van der Waals surface area contributed by atoms with Crippen LogP contribution < -0.4 is 10.1 Å². The molecule has 1 saturated heterocycles. The smallest absolute Gasteiger partial charge is 0.318 e. The highest BCUT2D eigenvalue weighted by Crippen LogP contribution is 2.49. The van der Waals surface area contributed by atoms with Crippen molar-refractivity contribution in [1.29, 1.82) is 0 Å². The molecule has 0 radical (unpaired) electrons. The molecule has 1 aromatic heterocycles. The second kappa shape index (κ2) is 9.55. The van der Waals surface area contributed by atoms with Gasteiger partial charge in [0.25, 0.3) is 0 Å². The molecule has 5 rings (SSSR count). The van der Waals surface area contributed by atoms with Crippen LogP contribution in [0.2, 0.25) is 0 Å². The number of nitrogens with one attached hydrogen (secondary N) is 2. The SMILES string of the molecule is COc1ccc2c3c([nH]c2c1)[C@H](CO)N(C(=O)NC(C)C)CC31CCN(Cc2ccccc2)CC1. The van der Waals surface area contributed by atoms with Crippen molar-refractivity contribution in [3.63, 3.8) is 0 Å². The quantitative estimate of drug-likeness (QED) is 0.516. The van der Waals surface area contributed by atoms with Gasteiger partial charge in [0.2, 0.25) is 0 Å². The highest BCUT2D eigenvalue weighted by molar-refractivity contribution is 5.88. The molecule has 3 N–H and O–H groups in total. The van der Waals surface area contributed by atoms with E-state index in [2.05, 4.69) is 51.6 Å². The summed E-state index contributed by atoms with van der Waals surface area (Å²) in [6.07, 6.45) is 1.91. The summed E-state index contributed by atoms with van der Waals surface area (Å²) < 4.78 is 5.47. The number of nitrogens with zero attached hydrogens (tertiary/aromatic N) is 2. The van der Waals surface area contributed by atoms with Crippen LogP contribution in [0, 0.1) is 0 Å². The summed E-state index contributed by atoms with van der Waals surface area (Å²) in [6, 6.07) is 16.2. The normalized spacial score (nSPS) is 19.8. The van der Waals surface area contributed by atoms with Gasteiger partial charge in [-0.05, 0) is 63.0 Å². The molecule has 1 fully saturated rings. The van der Waals surface area contributed by atoms with Crippen LogP contribution in [0.1, 0.15) is 49.6 Å². The third kappa shape index (κ3) is 4.39. The van der Waals surface area contributed by atoms with Crippen molar-refractivity contribution in [2.45, 2.75) is 50.7 Å². The van der Waals surface area contributed by atoms with Crippen LogP contribution in [0.15, 0.2) is 48.5 Å². The average molecular weight is 477 g/mol. The molecule has 1 spiro atoms. The monoisotopic (exact) mass is 476 g/mol. The maximum atomic E-state index is 13.3. The number of H-pyrrole nitrogens is 1. The fourth-order valence-electron chi connectivity index (χ4n) is 5.94. The first-order valence-electron chi connectivity index (χ1n) is 12.6. The van der Waals surface area contributed by atoms with E-state index in [1.165, 1.54) is 16.5 Å². The third-order valence-electron chi connectivity index (χ3n) is 7.66. The van der Waals surface area contributed by atoms with E-state index in [0.29, 0.717) is 6.54 Å². The Bertz CT molecular complexity index is 1180. The van der Waals surface area contributed by atoms with Crippen LogP contribution in [-0.2, 0) is 12.0 Å². The number of hydrogen-bond donors (Lipinski definition) is 3. The van der Waals surface area contributed by atoms with E-state index in [0.717, 1.165) is 49.4 Å². The van der Waals surface area contributed by atoms with Gasteiger partial charge in [-0.25, -0.2) is 4.79 Å². The Morgan fingerprint density at radius 2 is 1.94 bits per heavy atom. The van der Waals surface area contributed by atoms with Crippen molar-refractivity contribution >= 4 is 16.9 Å². The summed E-state index contributed by atoms with van der Waals surface area (Å²) in [5.74, 6) is 0.790. The molecule has 2 aromatic carbocycles. The number of benzene rings is 2. The lowest BCUT2D eigenvalue weighted by Crippen LogP contribution is -2.57. The number of aliphatic hydroxyl groups is 1. The first kappa shape index (κ1) is 23.7. The Kier molecular flexibility index (Phi) is 6.47. The Hall–Kier alpha value is -3.03. The van der Waals surface area contributed by atoms with Crippen molar-refractivity contribution in [2.24, 2.45) is 0 Å². The van der Waals surface area contributed by atoms with Gasteiger partial charge in [0.15, 0.2) is 0 Å². The van der Waals surface area contributed by atoms with Crippen LogP contribution in [0.5, 0.6) is 5.75 Å². The molecule has 7 heteroatoms. The van der Waals surface area contributed by atoms with Crippen molar-refractivity contribution in [1.82, 2.24) is 20.1 Å². The number of likely N-dealkylation sites (tertiary alicyclic amines) is 1. The van der Waals surface area contributed by atoms with Crippen LogP contribution in [0.3, 0.4) is 0 Å². The number of hydrogen-bond acceptors (Lipinski definition) is 4. The maximum Gasteiger partial charge on any atom is 0.318 e. The highest BCUT2D eigenvalue weighted by atomic mass is 16.5. The fourth-order valence-corrected chi connectivity index (χ4v) is 5.94. The van der Waals surface area contributed by atoms with E-state index in [1.54, 1.807) is 7.11 Å². The molecule has 1 atom stereocenters. The number of ether oxygens (including phenoxy) is 1. The third-order valence-corrected chi connectivity index (χ3v) is 7.66. The first-order valence-corrected chi connectivity index (χ1v) is 12.6. The molecule has 3 heterocycles. The van der Waals surface area contributed by atoms with Gasteiger partial charge >= 0.3 is 6.03 Å². The van der Waals surface area contributed by atoms with Gasteiger partial charge in [0.1, 0.15) is 5.75 Å².